The molecule has 2 aliphatic carbocycles. The zero-order chi connectivity index (χ0) is 12.1. The van der Waals surface area contributed by atoms with Crippen LogP contribution < -0.4 is 16.6 Å². The largest absolute Gasteiger partial charge is 0.375 e. The van der Waals surface area contributed by atoms with Crippen molar-refractivity contribution in [2.75, 3.05) is 0 Å². The molecule has 0 radical (unpaired) electrons. The standard InChI is InChI=1S/C11H19N3OS/c1-10(2)6-4-5-11(10,3)8(15)7(6)13-14-9(12)16/h6-7,13H,4-5H2,1-3H3,(H3,12,14,16). The highest BCUT2D eigenvalue weighted by atomic mass is 32.1. The summed E-state index contributed by atoms with van der Waals surface area (Å²) in [6.45, 7) is 6.45. The number of hydrazine groups is 1. The van der Waals surface area contributed by atoms with E-state index in [2.05, 4.69) is 31.6 Å². The van der Waals surface area contributed by atoms with Crippen LogP contribution in [-0.4, -0.2) is 16.9 Å². The molecule has 0 heterocycles. The third-order valence-corrected chi connectivity index (χ3v) is 4.99. The molecule has 4 N–H and O–H groups in total. The van der Waals surface area contributed by atoms with Crippen molar-refractivity contribution >= 4 is 23.1 Å². The Morgan fingerprint density at radius 1 is 1.50 bits per heavy atom. The number of nitrogens with two attached hydrogens (primary N) is 1. The topological polar surface area (TPSA) is 67.2 Å². The third-order valence-electron chi connectivity index (χ3n) is 4.88. The first-order valence-electron chi connectivity index (χ1n) is 5.66. The van der Waals surface area contributed by atoms with E-state index in [1.54, 1.807) is 0 Å². The van der Waals surface area contributed by atoms with Gasteiger partial charge in [-0.2, -0.15) is 0 Å². The molecular weight excluding hydrogens is 222 g/mol. The first-order chi connectivity index (χ1) is 7.30. The van der Waals surface area contributed by atoms with E-state index >= 15 is 0 Å². The van der Waals surface area contributed by atoms with Crippen molar-refractivity contribution in [3.63, 3.8) is 0 Å². The van der Waals surface area contributed by atoms with E-state index in [0.717, 1.165) is 12.8 Å². The fourth-order valence-corrected chi connectivity index (χ4v) is 3.46. The van der Waals surface area contributed by atoms with E-state index in [1.807, 2.05) is 0 Å². The lowest BCUT2D eigenvalue weighted by Gasteiger charge is -2.32. The van der Waals surface area contributed by atoms with Crippen molar-refractivity contribution in [2.45, 2.75) is 39.7 Å². The number of ketones is 1. The van der Waals surface area contributed by atoms with Gasteiger partial charge in [-0.15, -0.1) is 0 Å². The van der Waals surface area contributed by atoms with E-state index in [1.165, 1.54) is 0 Å². The van der Waals surface area contributed by atoms with Gasteiger partial charge in [0.2, 0.25) is 0 Å². The number of hydrogen-bond donors (Lipinski definition) is 3. The average molecular weight is 241 g/mol. The minimum absolute atomic E-state index is 0.0552. The number of fused-ring (bicyclic) bond motifs is 2. The summed E-state index contributed by atoms with van der Waals surface area (Å²) in [6.07, 6.45) is 2.08. The van der Waals surface area contributed by atoms with Crippen LogP contribution in [0.15, 0.2) is 0 Å². The van der Waals surface area contributed by atoms with Crippen molar-refractivity contribution in [1.29, 1.82) is 0 Å². The first kappa shape index (κ1) is 11.8. The molecule has 2 aliphatic rings. The summed E-state index contributed by atoms with van der Waals surface area (Å²) < 4.78 is 0. The van der Waals surface area contributed by atoms with E-state index in [-0.39, 0.29) is 27.8 Å². The lowest BCUT2D eigenvalue weighted by Crippen LogP contribution is -2.53. The molecule has 0 saturated heterocycles. The number of hydrogen-bond acceptors (Lipinski definition) is 3. The Kier molecular flexibility index (Phi) is 2.51. The Morgan fingerprint density at radius 2 is 2.12 bits per heavy atom. The van der Waals surface area contributed by atoms with Gasteiger partial charge in [0.05, 0.1) is 6.04 Å². The average Bonchev–Trinajstić information content (AvgIpc) is 2.47. The fraction of sp³-hybridized carbons (Fsp3) is 0.818. The number of nitrogens with one attached hydrogen (secondary N) is 2. The summed E-state index contributed by atoms with van der Waals surface area (Å²) >= 11 is 4.73. The second-order valence-corrected chi connectivity index (χ2v) is 6.11. The summed E-state index contributed by atoms with van der Waals surface area (Å²) in [5, 5.41) is 0.179. The van der Waals surface area contributed by atoms with Gasteiger partial charge in [-0.25, -0.2) is 5.43 Å². The minimum Gasteiger partial charge on any atom is -0.375 e. The normalized spacial score (nSPS) is 40.1. The Hall–Kier alpha value is -0.680. The molecule has 2 rings (SSSR count). The maximum Gasteiger partial charge on any atom is 0.178 e. The van der Waals surface area contributed by atoms with Crippen LogP contribution in [0.4, 0.5) is 0 Å². The number of carbonyl (C=O) groups is 1. The molecule has 3 atom stereocenters. The number of thiocarbonyl (C=S) groups is 1. The van der Waals surface area contributed by atoms with Gasteiger partial charge < -0.3 is 5.73 Å². The number of carbonyl (C=O) groups excluding carboxylic acids is 1. The molecule has 0 spiro atoms. The maximum absolute atomic E-state index is 12.3. The van der Waals surface area contributed by atoms with Gasteiger partial charge in [0.15, 0.2) is 10.9 Å². The fourth-order valence-electron chi connectivity index (χ4n) is 3.40. The molecule has 90 valence electrons. The minimum atomic E-state index is -0.201. The smallest absolute Gasteiger partial charge is 0.178 e. The van der Waals surface area contributed by atoms with Crippen LogP contribution in [0, 0.1) is 16.7 Å². The van der Waals surface area contributed by atoms with Crippen molar-refractivity contribution in [3.8, 4) is 0 Å². The van der Waals surface area contributed by atoms with E-state index in [4.69, 9.17) is 18.0 Å². The highest BCUT2D eigenvalue weighted by Crippen LogP contribution is 2.63. The number of rotatable bonds is 2. The predicted octanol–water partition coefficient (Wildman–Crippen LogP) is 0.718. The van der Waals surface area contributed by atoms with Gasteiger partial charge >= 0.3 is 0 Å². The Bertz CT molecular complexity index is 355. The van der Waals surface area contributed by atoms with Crippen molar-refractivity contribution in [2.24, 2.45) is 22.5 Å². The van der Waals surface area contributed by atoms with Crippen LogP contribution >= 0.6 is 12.2 Å². The SMILES string of the molecule is CC12CCC(C(NNC(N)=S)C1=O)C2(C)C. The molecule has 2 fully saturated rings. The molecule has 0 amide bonds. The van der Waals surface area contributed by atoms with Crippen LogP contribution in [-0.2, 0) is 4.79 Å². The second kappa shape index (κ2) is 3.40. The summed E-state index contributed by atoms with van der Waals surface area (Å²) in [5.74, 6) is 0.657. The quantitative estimate of drug-likeness (QED) is 0.491. The molecule has 3 unspecified atom stereocenters. The monoisotopic (exact) mass is 241 g/mol. The maximum atomic E-state index is 12.3. The van der Waals surface area contributed by atoms with Crippen molar-refractivity contribution in [1.82, 2.24) is 10.9 Å². The van der Waals surface area contributed by atoms with Gasteiger partial charge in [0.1, 0.15) is 0 Å². The summed E-state index contributed by atoms with van der Waals surface area (Å²) in [7, 11) is 0. The highest BCUT2D eigenvalue weighted by molar-refractivity contribution is 7.80. The van der Waals surface area contributed by atoms with Gasteiger partial charge in [0.25, 0.3) is 0 Å². The highest BCUT2D eigenvalue weighted by Gasteiger charge is 2.66. The van der Waals surface area contributed by atoms with Crippen LogP contribution in [0.3, 0.4) is 0 Å². The van der Waals surface area contributed by atoms with Gasteiger partial charge in [-0.05, 0) is 36.4 Å². The molecule has 2 bridgehead atoms. The Labute approximate surface area is 101 Å². The number of Topliss-reactive ketones (excluding diaryl/α,β-unsaturated/α-hetero) is 1. The van der Waals surface area contributed by atoms with E-state index < -0.39 is 0 Å². The molecule has 16 heavy (non-hydrogen) atoms. The molecule has 2 saturated carbocycles. The van der Waals surface area contributed by atoms with Crippen molar-refractivity contribution in [3.05, 3.63) is 0 Å². The molecule has 0 aromatic rings. The van der Waals surface area contributed by atoms with E-state index in [9.17, 15) is 4.79 Å². The zero-order valence-electron chi connectivity index (χ0n) is 9.96. The molecular formula is C11H19N3OS. The Morgan fingerprint density at radius 3 is 2.56 bits per heavy atom. The second-order valence-electron chi connectivity index (χ2n) is 5.67. The lowest BCUT2D eigenvalue weighted by atomic mass is 9.70. The lowest BCUT2D eigenvalue weighted by molar-refractivity contribution is -0.130. The predicted molar refractivity (Wildman–Crippen MR) is 66.5 cm³/mol. The van der Waals surface area contributed by atoms with Crippen LogP contribution in [0.25, 0.3) is 0 Å². The van der Waals surface area contributed by atoms with Crippen LogP contribution in [0.2, 0.25) is 0 Å². The molecule has 4 nitrogen and oxygen atoms in total. The Balaban J connectivity index is 2.20. The summed E-state index contributed by atoms with van der Waals surface area (Å²) in [4.78, 5) is 12.3. The molecule has 0 aromatic heterocycles. The van der Waals surface area contributed by atoms with Crippen molar-refractivity contribution < 1.29 is 4.79 Å². The third kappa shape index (κ3) is 1.31. The van der Waals surface area contributed by atoms with Gasteiger partial charge in [-0.1, -0.05) is 20.8 Å². The van der Waals surface area contributed by atoms with Gasteiger partial charge in [0, 0.05) is 5.41 Å². The molecule has 0 aliphatic heterocycles. The van der Waals surface area contributed by atoms with E-state index in [0.29, 0.717) is 5.92 Å². The molecule has 5 heteroatoms. The van der Waals surface area contributed by atoms with Crippen LogP contribution in [0.5, 0.6) is 0 Å². The molecule has 0 aromatic carbocycles. The zero-order valence-corrected chi connectivity index (χ0v) is 10.8. The summed E-state index contributed by atoms with van der Waals surface area (Å²) in [5.41, 5.74) is 10.9. The van der Waals surface area contributed by atoms with Crippen LogP contribution in [0.1, 0.15) is 33.6 Å². The first-order valence-corrected chi connectivity index (χ1v) is 6.07. The van der Waals surface area contributed by atoms with Gasteiger partial charge in [-0.3, -0.25) is 10.2 Å². The summed E-state index contributed by atoms with van der Waals surface area (Å²) in [6, 6.07) is -0.157.